The van der Waals surface area contributed by atoms with E-state index in [0.717, 1.165) is 33.2 Å². The number of carbonyl (C=O) groups is 3. The average Bonchev–Trinajstić information content (AvgIpc) is 3.90. The quantitative estimate of drug-likeness (QED) is 0.0156. The number of nitrogen functional groups attached to an aromatic ring is 1. The van der Waals surface area contributed by atoms with Crippen molar-refractivity contribution in [2.24, 2.45) is 0 Å². The highest BCUT2D eigenvalue weighted by molar-refractivity contribution is 7.99. The number of thioether (sulfide) groups is 1. The molecule has 0 saturated carbocycles. The minimum atomic E-state index is -0.508. The van der Waals surface area contributed by atoms with Crippen molar-refractivity contribution in [3.63, 3.8) is 0 Å². The predicted octanol–water partition coefficient (Wildman–Crippen LogP) is 8.19. The molecule has 10 N–H and O–H groups in total. The van der Waals surface area contributed by atoms with E-state index in [9.17, 15) is 24.6 Å². The number of alkyl halides is 2. The Balaban J connectivity index is 0.000000233. The molecule has 0 aliphatic heterocycles. The number of H-pyrrole nitrogens is 3. The largest absolute Gasteiger partial charge is 0.504 e. The summed E-state index contributed by atoms with van der Waals surface area (Å²) in [5, 5.41) is 33.3. The number of pyridine rings is 2. The summed E-state index contributed by atoms with van der Waals surface area (Å²) in [6, 6.07) is 13.8. The normalized spacial score (nSPS) is 10.0. The van der Waals surface area contributed by atoms with Crippen molar-refractivity contribution in [3.8, 4) is 34.5 Å². The summed E-state index contributed by atoms with van der Waals surface area (Å²) >= 11 is 21.1. The summed E-state index contributed by atoms with van der Waals surface area (Å²) in [4.78, 5) is 54.2. The van der Waals surface area contributed by atoms with Crippen LogP contribution in [0.3, 0.4) is 0 Å². The first-order chi connectivity index (χ1) is 30.5. The summed E-state index contributed by atoms with van der Waals surface area (Å²) < 4.78 is 15.3. The molecule has 7 aromatic rings. The number of halogens is 3. The number of phenolic OH excluding ortho intramolecular Hbond substituents is 3. The zero-order valence-electron chi connectivity index (χ0n) is 34.8. The number of hydrogen-bond acceptors (Lipinski definition) is 15. The third-order valence-corrected chi connectivity index (χ3v) is 9.71. The number of benzene rings is 3. The SMILES string of the molecule is COc1cc(N)ccc1O.COc1cc(NC(=O)CCl)ccc1O.COc1cc(NC(=O)CSc2nc3c(C)cncc3[nH]2)ccc1O.Cc1cncc2[nH]c(=S)[nH]c12.O=C(Cl)CCl. The number of nitrogens with one attached hydrogen (secondary N) is 5. The molecule has 4 heterocycles. The first-order valence-electron chi connectivity index (χ1n) is 18.2. The second-order valence-corrected chi connectivity index (χ2v) is 14.9. The van der Waals surface area contributed by atoms with Crippen molar-refractivity contribution in [2.45, 2.75) is 19.0 Å². The third-order valence-electron chi connectivity index (χ3n) is 7.87. The van der Waals surface area contributed by atoms with Crippen LogP contribution in [0.4, 0.5) is 17.1 Å². The molecular weight excluding hydrogens is 933 g/mol. The Morgan fingerprint density at radius 1 is 0.719 bits per heavy atom. The Labute approximate surface area is 390 Å². The minimum absolute atomic E-state index is 0.0242. The molecule has 0 aliphatic carbocycles. The lowest BCUT2D eigenvalue weighted by atomic mass is 10.3. The topological polar surface area (TPSA) is 276 Å². The highest BCUT2D eigenvalue weighted by Gasteiger charge is 2.11. The molecule has 0 bridgehead atoms. The number of amides is 2. The van der Waals surface area contributed by atoms with Crippen molar-refractivity contribution in [1.82, 2.24) is 29.9 Å². The Bertz CT molecular complexity index is 2720. The van der Waals surface area contributed by atoms with Gasteiger partial charge in [0.1, 0.15) is 5.88 Å². The number of methoxy groups -OCH3 is 3. The van der Waals surface area contributed by atoms with Gasteiger partial charge in [-0.15, -0.1) is 23.2 Å². The van der Waals surface area contributed by atoms with Gasteiger partial charge in [0, 0.05) is 47.7 Å². The second kappa shape index (κ2) is 26.2. The number of imidazole rings is 2. The number of hydrogen-bond donors (Lipinski definition) is 9. The molecule has 0 spiro atoms. The monoisotopic (exact) mass is 975 g/mol. The number of ether oxygens (including phenoxy) is 3. The van der Waals surface area contributed by atoms with Crippen molar-refractivity contribution in [1.29, 1.82) is 0 Å². The van der Waals surface area contributed by atoms with Crippen LogP contribution in [-0.4, -0.2) is 101 Å². The molecule has 0 saturated heterocycles. The predicted molar refractivity (Wildman–Crippen MR) is 253 cm³/mol. The summed E-state index contributed by atoms with van der Waals surface area (Å²) in [5.41, 5.74) is 12.9. The van der Waals surface area contributed by atoms with E-state index >= 15 is 0 Å². The smallest absolute Gasteiger partial charge is 0.239 e. The Morgan fingerprint density at radius 2 is 1.22 bits per heavy atom. The molecule has 2 amide bonds. The lowest BCUT2D eigenvalue weighted by Gasteiger charge is -2.07. The fraction of sp³-hybridized carbons (Fsp3) is 0.195. The number of aromatic amines is 3. The van der Waals surface area contributed by atoms with Crippen molar-refractivity contribution < 1.29 is 43.9 Å². The molecule has 4 aromatic heterocycles. The molecule has 18 nitrogen and oxygen atoms in total. The van der Waals surface area contributed by atoms with E-state index < -0.39 is 5.24 Å². The Hall–Kier alpha value is -6.45. The van der Waals surface area contributed by atoms with Gasteiger partial charge in [-0.05, 0) is 85.2 Å². The maximum absolute atomic E-state index is 12.1. The number of aromatic hydroxyl groups is 3. The first-order valence-corrected chi connectivity index (χ1v) is 21.1. The second-order valence-electron chi connectivity index (χ2n) is 12.6. The van der Waals surface area contributed by atoms with E-state index in [0.29, 0.717) is 44.2 Å². The van der Waals surface area contributed by atoms with Crippen LogP contribution >= 0.6 is 58.8 Å². The number of fused-ring (bicyclic) bond motifs is 2. The van der Waals surface area contributed by atoms with Gasteiger partial charge >= 0.3 is 0 Å². The van der Waals surface area contributed by atoms with Gasteiger partial charge in [0.15, 0.2) is 44.4 Å². The van der Waals surface area contributed by atoms with E-state index in [-0.39, 0.29) is 46.6 Å². The first kappa shape index (κ1) is 51.9. The van der Waals surface area contributed by atoms with Gasteiger partial charge in [0.2, 0.25) is 17.1 Å². The van der Waals surface area contributed by atoms with Gasteiger partial charge < -0.3 is 60.8 Å². The standard InChI is InChI=1S/C16H16N4O3S.C9H10ClNO3.C7H7N3S.C7H9NO2.C2H2Cl2O/c1-9-6-17-7-11-15(9)20-16(19-11)24-8-14(22)18-10-3-4-12(21)13(5-10)23-2;1-14-8-4-6(2-3-7(8)12)11-9(13)5-10;1-4-2-8-3-5-6(4)10-7(11)9-5;1-10-7-4-5(8)2-3-6(7)9;3-1-2(4)5/h3-7,21H,8H2,1-2H3,(H,18,22)(H,19,20);2-4,12H,5H2,1H3,(H,11,13);2-3H,1H3,(H2,9,10,11);2-4,9H,8H2,1H3;1H2. The lowest BCUT2D eigenvalue weighted by molar-refractivity contribution is -0.114. The van der Waals surface area contributed by atoms with Crippen LogP contribution in [0.15, 0.2) is 84.5 Å². The number of rotatable bonds is 10. The summed E-state index contributed by atoms with van der Waals surface area (Å²) in [6.07, 6.45) is 7.03. The van der Waals surface area contributed by atoms with Crippen LogP contribution in [0.2, 0.25) is 0 Å². The molecule has 7 rings (SSSR count). The Kier molecular flexibility index (Phi) is 21.3. The van der Waals surface area contributed by atoms with Crippen LogP contribution in [0.25, 0.3) is 22.1 Å². The number of anilines is 3. The zero-order valence-corrected chi connectivity index (χ0v) is 38.7. The molecule has 0 fully saturated rings. The van der Waals surface area contributed by atoms with Crippen LogP contribution in [0.1, 0.15) is 11.1 Å². The van der Waals surface area contributed by atoms with Crippen LogP contribution in [-0.2, 0) is 14.4 Å². The highest BCUT2D eigenvalue weighted by Crippen LogP contribution is 2.30. The van der Waals surface area contributed by atoms with Gasteiger partial charge in [-0.2, -0.15) is 0 Å². The summed E-state index contributed by atoms with van der Waals surface area (Å²) in [5.74, 6) is 0.685. The molecule has 0 aliphatic rings. The zero-order chi connectivity index (χ0) is 47.3. The number of aromatic nitrogens is 6. The lowest BCUT2D eigenvalue weighted by Crippen LogP contribution is -2.14. The number of carbonyl (C=O) groups excluding carboxylic acids is 3. The van der Waals surface area contributed by atoms with Crippen LogP contribution in [0.5, 0.6) is 34.5 Å². The van der Waals surface area contributed by atoms with Gasteiger partial charge in [-0.25, -0.2) is 4.98 Å². The molecule has 3 aromatic carbocycles. The molecule has 0 atom stereocenters. The summed E-state index contributed by atoms with van der Waals surface area (Å²) in [7, 11) is 4.37. The maximum atomic E-state index is 12.1. The number of aryl methyl sites for hydroxylation is 2. The fourth-order valence-electron chi connectivity index (χ4n) is 4.93. The van der Waals surface area contributed by atoms with E-state index in [1.54, 1.807) is 55.1 Å². The number of nitrogens with two attached hydrogens (primary N) is 1. The molecule has 23 heteroatoms. The highest BCUT2D eigenvalue weighted by atomic mass is 35.5. The van der Waals surface area contributed by atoms with Crippen molar-refractivity contribution in [2.75, 3.05) is 55.2 Å². The van der Waals surface area contributed by atoms with Gasteiger partial charge in [-0.3, -0.25) is 24.4 Å². The van der Waals surface area contributed by atoms with Crippen molar-refractivity contribution in [3.05, 3.63) is 95.3 Å². The van der Waals surface area contributed by atoms with E-state index in [1.807, 2.05) is 13.8 Å². The van der Waals surface area contributed by atoms with E-state index in [4.69, 9.17) is 72.1 Å². The fourth-order valence-corrected chi connectivity index (χ4v) is 5.89. The third kappa shape index (κ3) is 16.7. The van der Waals surface area contributed by atoms with E-state index in [2.05, 4.69) is 40.5 Å². The van der Waals surface area contributed by atoms with E-state index in [1.165, 1.54) is 57.4 Å². The number of nitrogens with zero attached hydrogens (tertiary/aromatic N) is 3. The van der Waals surface area contributed by atoms with Crippen LogP contribution < -0.4 is 30.6 Å². The molecular formula is C41H44Cl3N9O9S2. The molecule has 64 heavy (non-hydrogen) atoms. The van der Waals surface area contributed by atoms with Gasteiger partial charge in [-0.1, -0.05) is 11.8 Å². The van der Waals surface area contributed by atoms with Gasteiger partial charge in [0.25, 0.3) is 0 Å². The molecule has 0 unspecified atom stereocenters. The maximum Gasteiger partial charge on any atom is 0.239 e. The minimum Gasteiger partial charge on any atom is -0.504 e. The Morgan fingerprint density at radius 3 is 1.70 bits per heavy atom. The average molecular weight is 977 g/mol. The molecule has 340 valence electrons. The van der Waals surface area contributed by atoms with Gasteiger partial charge in [0.05, 0.1) is 67.4 Å². The number of phenols is 3. The van der Waals surface area contributed by atoms with Crippen LogP contribution in [0, 0.1) is 18.6 Å². The molecule has 0 radical (unpaired) electrons. The summed E-state index contributed by atoms with van der Waals surface area (Å²) in [6.45, 7) is 3.93. The van der Waals surface area contributed by atoms with Crippen molar-refractivity contribution >= 4 is 115 Å².